The lowest BCUT2D eigenvalue weighted by Crippen LogP contribution is -2.16. The summed E-state index contributed by atoms with van der Waals surface area (Å²) in [5.74, 6) is 0.289. The van der Waals surface area contributed by atoms with Gasteiger partial charge in [-0.1, -0.05) is 0 Å². The Hall–Kier alpha value is 0.01000. The van der Waals surface area contributed by atoms with Gasteiger partial charge in [-0.25, -0.2) is 0 Å². The quantitative estimate of drug-likeness (QED) is 0.530. The first-order valence-electron chi connectivity index (χ1n) is 3.10. The molecular weight excluding hydrogens is 185 g/mol. The third-order valence-electron chi connectivity index (χ3n) is 1.05. The number of rotatable bonds is 4. The molecule has 3 N–H and O–H groups in total. The summed E-state index contributed by atoms with van der Waals surface area (Å²) in [5.41, 5.74) is 5.14. The third-order valence-corrected chi connectivity index (χ3v) is 1.05. The summed E-state index contributed by atoms with van der Waals surface area (Å²) in [5, 5.41) is 6.90. The average molecular weight is 202 g/mol. The summed E-state index contributed by atoms with van der Waals surface area (Å²) in [4.78, 5) is 2.09. The first-order valence-corrected chi connectivity index (χ1v) is 3.10. The Balaban J connectivity index is -0.000000320. The zero-order valence-electron chi connectivity index (χ0n) is 6.96. The number of hydrogen-bond donors (Lipinski definition) is 2. The zero-order chi connectivity index (χ0) is 7.28. The van der Waals surface area contributed by atoms with Gasteiger partial charge in [0, 0.05) is 6.42 Å². The van der Waals surface area contributed by atoms with Crippen LogP contribution in [-0.4, -0.2) is 31.4 Å². The van der Waals surface area contributed by atoms with Gasteiger partial charge in [-0.3, -0.25) is 5.41 Å². The normalized spacial score (nSPS) is 8.27. The summed E-state index contributed by atoms with van der Waals surface area (Å²) in [7, 11) is 4.03. The standard InChI is InChI=1S/C6H15N3.2ClH/c1-9(2)5-3-4-6(7)8;;/h3-5H2,1-2H3,(H3,7,8);2*1H. The second-order valence-corrected chi connectivity index (χ2v) is 2.43. The van der Waals surface area contributed by atoms with E-state index in [4.69, 9.17) is 11.1 Å². The predicted octanol–water partition coefficient (Wildman–Crippen LogP) is 1.11. The van der Waals surface area contributed by atoms with Gasteiger partial charge in [0.25, 0.3) is 0 Å². The maximum absolute atomic E-state index is 6.90. The molecule has 0 saturated heterocycles. The molecule has 0 atom stereocenters. The maximum atomic E-state index is 6.90. The second kappa shape index (κ2) is 10.0. The van der Waals surface area contributed by atoms with Crippen LogP contribution in [0.15, 0.2) is 0 Å². The van der Waals surface area contributed by atoms with Crippen LogP contribution in [-0.2, 0) is 0 Å². The van der Waals surface area contributed by atoms with E-state index in [1.54, 1.807) is 0 Å². The Bertz CT molecular complexity index is 95.8. The van der Waals surface area contributed by atoms with E-state index in [1.807, 2.05) is 14.1 Å². The minimum atomic E-state index is 0. The van der Waals surface area contributed by atoms with Crippen molar-refractivity contribution in [3.05, 3.63) is 0 Å². The van der Waals surface area contributed by atoms with E-state index >= 15 is 0 Å². The maximum Gasteiger partial charge on any atom is 0.0905 e. The molecule has 0 aromatic heterocycles. The van der Waals surface area contributed by atoms with Crippen LogP contribution in [0.25, 0.3) is 0 Å². The number of nitrogens with zero attached hydrogens (tertiary/aromatic N) is 1. The van der Waals surface area contributed by atoms with Crippen LogP contribution >= 0.6 is 24.8 Å². The van der Waals surface area contributed by atoms with E-state index in [-0.39, 0.29) is 30.6 Å². The zero-order valence-corrected chi connectivity index (χ0v) is 8.60. The fraction of sp³-hybridized carbons (Fsp3) is 0.833. The first kappa shape index (κ1) is 17.2. The largest absolute Gasteiger partial charge is 0.388 e. The van der Waals surface area contributed by atoms with Crippen molar-refractivity contribution < 1.29 is 0 Å². The molecule has 0 aliphatic carbocycles. The molecule has 0 saturated carbocycles. The van der Waals surface area contributed by atoms with Gasteiger partial charge in [-0.15, -0.1) is 24.8 Å². The summed E-state index contributed by atoms with van der Waals surface area (Å²) >= 11 is 0. The number of amidine groups is 1. The van der Waals surface area contributed by atoms with Crippen molar-refractivity contribution in [2.45, 2.75) is 12.8 Å². The van der Waals surface area contributed by atoms with Crippen LogP contribution in [0.2, 0.25) is 0 Å². The van der Waals surface area contributed by atoms with E-state index in [2.05, 4.69) is 4.90 Å². The van der Waals surface area contributed by atoms with Gasteiger partial charge in [0.05, 0.1) is 5.84 Å². The number of nitrogens with two attached hydrogens (primary N) is 1. The van der Waals surface area contributed by atoms with Gasteiger partial charge in [0.2, 0.25) is 0 Å². The molecule has 0 aromatic carbocycles. The van der Waals surface area contributed by atoms with Crippen molar-refractivity contribution in [3.8, 4) is 0 Å². The molecule has 70 valence electrons. The highest BCUT2D eigenvalue weighted by molar-refractivity contribution is 5.85. The van der Waals surface area contributed by atoms with Gasteiger partial charge in [0.15, 0.2) is 0 Å². The van der Waals surface area contributed by atoms with E-state index < -0.39 is 0 Å². The Morgan fingerprint density at radius 2 is 1.82 bits per heavy atom. The van der Waals surface area contributed by atoms with Crippen molar-refractivity contribution in [1.82, 2.24) is 4.90 Å². The molecule has 0 heterocycles. The summed E-state index contributed by atoms with van der Waals surface area (Å²) in [6.07, 6.45) is 1.71. The Kier molecular flexibility index (Phi) is 15.6. The number of hydrogen-bond acceptors (Lipinski definition) is 2. The highest BCUT2D eigenvalue weighted by Crippen LogP contribution is 1.88. The SMILES string of the molecule is CN(C)CCCC(=N)N.Cl.Cl. The lowest BCUT2D eigenvalue weighted by Gasteiger charge is -2.07. The third kappa shape index (κ3) is 17.8. The molecule has 0 fully saturated rings. The summed E-state index contributed by atoms with van der Waals surface area (Å²) in [6.45, 7) is 1.01. The Morgan fingerprint density at radius 3 is 2.09 bits per heavy atom. The van der Waals surface area contributed by atoms with Crippen LogP contribution < -0.4 is 5.73 Å². The summed E-state index contributed by atoms with van der Waals surface area (Å²) in [6, 6.07) is 0. The number of halogens is 2. The van der Waals surface area contributed by atoms with Crippen molar-refractivity contribution in [3.63, 3.8) is 0 Å². The van der Waals surface area contributed by atoms with Gasteiger partial charge in [0.1, 0.15) is 0 Å². The van der Waals surface area contributed by atoms with E-state index in [0.29, 0.717) is 0 Å². The van der Waals surface area contributed by atoms with Crippen LogP contribution in [0.4, 0.5) is 0 Å². The summed E-state index contributed by atoms with van der Waals surface area (Å²) < 4.78 is 0. The van der Waals surface area contributed by atoms with Crippen molar-refractivity contribution >= 4 is 30.6 Å². The smallest absolute Gasteiger partial charge is 0.0905 e. The fourth-order valence-corrected chi connectivity index (χ4v) is 0.586. The second-order valence-electron chi connectivity index (χ2n) is 2.43. The lowest BCUT2D eigenvalue weighted by molar-refractivity contribution is 0.403. The fourth-order valence-electron chi connectivity index (χ4n) is 0.586. The molecule has 0 radical (unpaired) electrons. The van der Waals surface area contributed by atoms with Crippen LogP contribution in [0.3, 0.4) is 0 Å². The topological polar surface area (TPSA) is 53.1 Å². The van der Waals surface area contributed by atoms with Gasteiger partial charge < -0.3 is 10.6 Å². The number of nitrogens with one attached hydrogen (secondary N) is 1. The van der Waals surface area contributed by atoms with E-state index in [0.717, 1.165) is 19.4 Å². The van der Waals surface area contributed by atoms with E-state index in [1.165, 1.54) is 0 Å². The molecule has 0 aliphatic heterocycles. The molecule has 0 aromatic rings. The van der Waals surface area contributed by atoms with Crippen molar-refractivity contribution in [1.29, 1.82) is 5.41 Å². The van der Waals surface area contributed by atoms with E-state index in [9.17, 15) is 0 Å². The molecular formula is C6H17Cl2N3. The molecule has 0 spiro atoms. The predicted molar refractivity (Wildman–Crippen MR) is 54.2 cm³/mol. The van der Waals surface area contributed by atoms with Crippen LogP contribution in [0, 0.1) is 5.41 Å². The Labute approximate surface area is 80.7 Å². The monoisotopic (exact) mass is 201 g/mol. The molecule has 3 nitrogen and oxygen atoms in total. The molecule has 0 amide bonds. The van der Waals surface area contributed by atoms with Crippen molar-refractivity contribution in [2.24, 2.45) is 5.73 Å². The highest BCUT2D eigenvalue weighted by atomic mass is 35.5. The minimum Gasteiger partial charge on any atom is -0.388 e. The molecule has 0 unspecified atom stereocenters. The molecule has 0 aliphatic rings. The minimum absolute atomic E-state index is 0. The molecule has 0 rings (SSSR count). The van der Waals surface area contributed by atoms with Gasteiger partial charge >= 0.3 is 0 Å². The van der Waals surface area contributed by atoms with Crippen LogP contribution in [0.1, 0.15) is 12.8 Å². The van der Waals surface area contributed by atoms with Gasteiger partial charge in [-0.05, 0) is 27.1 Å². The van der Waals surface area contributed by atoms with Gasteiger partial charge in [-0.2, -0.15) is 0 Å². The average Bonchev–Trinajstić information content (AvgIpc) is 1.63. The molecule has 11 heavy (non-hydrogen) atoms. The Morgan fingerprint density at radius 1 is 1.36 bits per heavy atom. The van der Waals surface area contributed by atoms with Crippen molar-refractivity contribution in [2.75, 3.05) is 20.6 Å². The lowest BCUT2D eigenvalue weighted by atomic mass is 10.3. The molecule has 5 heteroatoms. The first-order chi connectivity index (χ1) is 4.13. The van der Waals surface area contributed by atoms with Crippen LogP contribution in [0.5, 0.6) is 0 Å². The highest BCUT2D eigenvalue weighted by Gasteiger charge is 1.91. The molecule has 0 bridgehead atoms.